The maximum Gasteiger partial charge on any atom is 0.225 e. The molecule has 0 radical (unpaired) electrons. The number of hydrogen-bond donors (Lipinski definition) is 3. The lowest BCUT2D eigenvalue weighted by Crippen LogP contribution is -2.13. The number of carbonyl (C=O) groups is 1. The zero-order chi connectivity index (χ0) is 12.7. The van der Waals surface area contributed by atoms with Crippen molar-refractivity contribution in [2.75, 3.05) is 29.2 Å². The average molecular weight is 275 g/mol. The summed E-state index contributed by atoms with van der Waals surface area (Å²) in [7, 11) is 0. The Labute approximate surface area is 110 Å². The standard InChI is InChI=1S/C11H15ClN2O2S/c12-8-1-2-10(9(13)7-8)14-11(16)3-5-17-6-4-15/h1-2,7,15H,3-6,13H2,(H,14,16). The van der Waals surface area contributed by atoms with Gasteiger partial charge in [0.05, 0.1) is 18.0 Å². The molecular weight excluding hydrogens is 260 g/mol. The van der Waals surface area contributed by atoms with Gasteiger partial charge in [-0.15, -0.1) is 0 Å². The highest BCUT2D eigenvalue weighted by atomic mass is 35.5. The van der Waals surface area contributed by atoms with Crippen LogP contribution in [0.2, 0.25) is 5.02 Å². The molecule has 0 aliphatic rings. The summed E-state index contributed by atoms with van der Waals surface area (Å²) in [5.41, 5.74) is 6.74. The van der Waals surface area contributed by atoms with Crippen LogP contribution in [0.25, 0.3) is 0 Å². The zero-order valence-corrected chi connectivity index (χ0v) is 10.9. The van der Waals surface area contributed by atoms with Gasteiger partial charge in [0, 0.05) is 22.9 Å². The fraction of sp³-hybridized carbons (Fsp3) is 0.364. The van der Waals surface area contributed by atoms with Gasteiger partial charge in [0.2, 0.25) is 5.91 Å². The van der Waals surface area contributed by atoms with Gasteiger partial charge in [-0.2, -0.15) is 11.8 Å². The Bertz CT molecular complexity index is 388. The van der Waals surface area contributed by atoms with E-state index >= 15 is 0 Å². The van der Waals surface area contributed by atoms with Crippen molar-refractivity contribution >= 4 is 40.6 Å². The largest absolute Gasteiger partial charge is 0.397 e. The Morgan fingerprint density at radius 3 is 2.88 bits per heavy atom. The number of aliphatic hydroxyl groups is 1. The molecule has 0 fully saturated rings. The molecule has 0 spiro atoms. The number of aliphatic hydroxyl groups excluding tert-OH is 1. The fourth-order valence-electron chi connectivity index (χ4n) is 1.19. The maximum absolute atomic E-state index is 11.5. The summed E-state index contributed by atoms with van der Waals surface area (Å²) in [6.45, 7) is 0.135. The van der Waals surface area contributed by atoms with Gasteiger partial charge in [-0.1, -0.05) is 11.6 Å². The van der Waals surface area contributed by atoms with E-state index in [0.717, 1.165) is 0 Å². The number of amides is 1. The number of thioether (sulfide) groups is 1. The Morgan fingerprint density at radius 2 is 2.24 bits per heavy atom. The number of nitrogens with two attached hydrogens (primary N) is 1. The van der Waals surface area contributed by atoms with E-state index in [0.29, 0.717) is 34.3 Å². The molecule has 4 N–H and O–H groups in total. The SMILES string of the molecule is Nc1cc(Cl)ccc1NC(=O)CCSCCO. The second-order valence-corrected chi connectivity index (χ2v) is 5.03. The van der Waals surface area contributed by atoms with E-state index in [-0.39, 0.29) is 12.5 Å². The van der Waals surface area contributed by atoms with E-state index < -0.39 is 0 Å². The topological polar surface area (TPSA) is 75.3 Å². The molecule has 0 aromatic heterocycles. The first kappa shape index (κ1) is 14.2. The first-order valence-electron chi connectivity index (χ1n) is 5.17. The molecule has 0 saturated heterocycles. The number of halogens is 1. The monoisotopic (exact) mass is 274 g/mol. The molecule has 0 aliphatic heterocycles. The number of hydrogen-bond acceptors (Lipinski definition) is 4. The summed E-state index contributed by atoms with van der Waals surface area (Å²) in [6, 6.07) is 4.95. The van der Waals surface area contributed by atoms with Crippen LogP contribution in [-0.4, -0.2) is 29.1 Å². The highest BCUT2D eigenvalue weighted by Gasteiger charge is 2.05. The second-order valence-electron chi connectivity index (χ2n) is 3.37. The van der Waals surface area contributed by atoms with Crippen molar-refractivity contribution < 1.29 is 9.90 Å². The second kappa shape index (κ2) is 7.42. The lowest BCUT2D eigenvalue weighted by molar-refractivity contribution is -0.115. The van der Waals surface area contributed by atoms with Crippen LogP contribution >= 0.6 is 23.4 Å². The lowest BCUT2D eigenvalue weighted by Gasteiger charge is -2.08. The highest BCUT2D eigenvalue weighted by Crippen LogP contribution is 2.22. The van der Waals surface area contributed by atoms with Crippen LogP contribution in [0.3, 0.4) is 0 Å². The summed E-state index contributed by atoms with van der Waals surface area (Å²) in [6.07, 6.45) is 0.396. The Balaban J connectivity index is 2.40. The summed E-state index contributed by atoms with van der Waals surface area (Å²) < 4.78 is 0. The number of nitrogen functional groups attached to an aromatic ring is 1. The van der Waals surface area contributed by atoms with Crippen LogP contribution in [0.15, 0.2) is 18.2 Å². The van der Waals surface area contributed by atoms with Crippen LogP contribution in [0.4, 0.5) is 11.4 Å². The fourth-order valence-corrected chi connectivity index (χ4v) is 2.04. The number of anilines is 2. The van der Waals surface area contributed by atoms with Gasteiger partial charge in [-0.05, 0) is 18.2 Å². The molecule has 1 aromatic carbocycles. The van der Waals surface area contributed by atoms with Crippen molar-refractivity contribution in [2.24, 2.45) is 0 Å². The predicted octanol–water partition coefficient (Wildman–Crippen LogP) is 1.98. The minimum Gasteiger partial charge on any atom is -0.397 e. The van der Waals surface area contributed by atoms with Crippen molar-refractivity contribution in [2.45, 2.75) is 6.42 Å². The van der Waals surface area contributed by atoms with Crippen LogP contribution in [-0.2, 0) is 4.79 Å². The molecule has 6 heteroatoms. The molecule has 94 valence electrons. The van der Waals surface area contributed by atoms with E-state index in [9.17, 15) is 4.79 Å². The van der Waals surface area contributed by atoms with Gasteiger partial charge in [-0.3, -0.25) is 4.79 Å². The van der Waals surface area contributed by atoms with Crippen LogP contribution in [0.1, 0.15) is 6.42 Å². The Kier molecular flexibility index (Phi) is 6.18. The first-order valence-corrected chi connectivity index (χ1v) is 6.70. The molecule has 1 amide bonds. The van der Waals surface area contributed by atoms with E-state index in [4.69, 9.17) is 22.4 Å². The molecule has 17 heavy (non-hydrogen) atoms. The first-order chi connectivity index (χ1) is 8.13. The maximum atomic E-state index is 11.5. The third-order valence-corrected chi connectivity index (χ3v) is 3.20. The third kappa shape index (κ3) is 5.30. The highest BCUT2D eigenvalue weighted by molar-refractivity contribution is 7.99. The number of rotatable bonds is 6. The van der Waals surface area contributed by atoms with E-state index in [1.807, 2.05) is 0 Å². The van der Waals surface area contributed by atoms with Crippen molar-refractivity contribution in [1.29, 1.82) is 0 Å². The summed E-state index contributed by atoms with van der Waals surface area (Å²) in [5, 5.41) is 11.8. The van der Waals surface area contributed by atoms with Crippen LogP contribution in [0.5, 0.6) is 0 Å². The van der Waals surface area contributed by atoms with Crippen molar-refractivity contribution in [3.8, 4) is 0 Å². The third-order valence-electron chi connectivity index (χ3n) is 2.00. The molecule has 0 heterocycles. The minimum absolute atomic E-state index is 0.0931. The van der Waals surface area contributed by atoms with Crippen molar-refractivity contribution in [3.05, 3.63) is 23.2 Å². The average Bonchev–Trinajstić information content (AvgIpc) is 2.28. The number of benzene rings is 1. The van der Waals surface area contributed by atoms with E-state index in [1.54, 1.807) is 18.2 Å². The molecule has 0 bridgehead atoms. The van der Waals surface area contributed by atoms with Gasteiger partial charge in [0.15, 0.2) is 0 Å². The summed E-state index contributed by atoms with van der Waals surface area (Å²) in [5.74, 6) is 1.24. The molecular formula is C11H15ClN2O2S. The Morgan fingerprint density at radius 1 is 1.47 bits per heavy atom. The summed E-state index contributed by atoms with van der Waals surface area (Å²) >= 11 is 7.29. The normalized spacial score (nSPS) is 10.2. The molecule has 0 unspecified atom stereocenters. The molecule has 4 nitrogen and oxygen atoms in total. The van der Waals surface area contributed by atoms with Gasteiger partial charge in [0.1, 0.15) is 0 Å². The van der Waals surface area contributed by atoms with E-state index in [1.165, 1.54) is 11.8 Å². The smallest absolute Gasteiger partial charge is 0.225 e. The Hall–Kier alpha value is -0.910. The zero-order valence-electron chi connectivity index (χ0n) is 9.28. The van der Waals surface area contributed by atoms with E-state index in [2.05, 4.69) is 5.32 Å². The molecule has 0 atom stereocenters. The predicted molar refractivity (Wildman–Crippen MR) is 73.5 cm³/mol. The van der Waals surface area contributed by atoms with Crippen LogP contribution in [0, 0.1) is 0 Å². The van der Waals surface area contributed by atoms with Gasteiger partial charge >= 0.3 is 0 Å². The molecule has 1 rings (SSSR count). The molecule has 1 aromatic rings. The van der Waals surface area contributed by atoms with Gasteiger partial charge in [0.25, 0.3) is 0 Å². The van der Waals surface area contributed by atoms with Gasteiger partial charge in [-0.25, -0.2) is 0 Å². The quantitative estimate of drug-likeness (QED) is 0.548. The van der Waals surface area contributed by atoms with Gasteiger partial charge < -0.3 is 16.2 Å². The molecule has 0 saturated carbocycles. The molecule has 0 aliphatic carbocycles. The minimum atomic E-state index is -0.0931. The lowest BCUT2D eigenvalue weighted by atomic mass is 10.2. The summed E-state index contributed by atoms with van der Waals surface area (Å²) in [4.78, 5) is 11.5. The number of nitrogens with one attached hydrogen (secondary N) is 1. The van der Waals surface area contributed by atoms with Crippen molar-refractivity contribution in [3.63, 3.8) is 0 Å². The number of carbonyl (C=O) groups excluding carboxylic acids is 1. The van der Waals surface area contributed by atoms with Crippen molar-refractivity contribution in [1.82, 2.24) is 0 Å². The van der Waals surface area contributed by atoms with Crippen LogP contribution < -0.4 is 11.1 Å².